The summed E-state index contributed by atoms with van der Waals surface area (Å²) >= 11 is 12.0. The van der Waals surface area contributed by atoms with Crippen molar-refractivity contribution in [1.82, 2.24) is 4.90 Å². The van der Waals surface area contributed by atoms with Crippen molar-refractivity contribution in [3.63, 3.8) is 0 Å². The zero-order valence-electron chi connectivity index (χ0n) is 10.5. The molecule has 2 unspecified atom stereocenters. The van der Waals surface area contributed by atoms with Crippen molar-refractivity contribution in [1.29, 1.82) is 0 Å². The quantitative estimate of drug-likeness (QED) is 0.924. The SMILES string of the molecule is CCC(C)N1C(N)=NCC1c1ccc(Cl)c(Cl)c1. The largest absolute Gasteiger partial charge is 0.370 e. The number of nitrogens with zero attached hydrogens (tertiary/aromatic N) is 2. The van der Waals surface area contributed by atoms with Crippen LogP contribution in [0.25, 0.3) is 0 Å². The van der Waals surface area contributed by atoms with Crippen LogP contribution < -0.4 is 5.73 Å². The molecule has 1 heterocycles. The number of nitrogens with two attached hydrogens (primary N) is 1. The van der Waals surface area contributed by atoms with Crippen molar-refractivity contribution in [2.45, 2.75) is 32.4 Å². The van der Waals surface area contributed by atoms with Crippen LogP contribution in [0.15, 0.2) is 23.2 Å². The molecular formula is C13H17Cl2N3. The average molecular weight is 286 g/mol. The molecule has 3 nitrogen and oxygen atoms in total. The molecule has 0 bridgehead atoms. The van der Waals surface area contributed by atoms with Gasteiger partial charge in [-0.15, -0.1) is 0 Å². The van der Waals surface area contributed by atoms with Crippen LogP contribution in [0.5, 0.6) is 0 Å². The molecule has 0 amide bonds. The lowest BCUT2D eigenvalue weighted by Gasteiger charge is -2.32. The van der Waals surface area contributed by atoms with Crippen LogP contribution in [0.3, 0.4) is 0 Å². The number of benzene rings is 1. The van der Waals surface area contributed by atoms with Crippen molar-refractivity contribution in [3.8, 4) is 0 Å². The van der Waals surface area contributed by atoms with Crippen molar-refractivity contribution < 1.29 is 0 Å². The Hall–Kier alpha value is -0.930. The lowest BCUT2D eigenvalue weighted by molar-refractivity contribution is 0.268. The predicted molar refractivity (Wildman–Crippen MR) is 77.3 cm³/mol. The van der Waals surface area contributed by atoms with Gasteiger partial charge in [0.15, 0.2) is 5.96 Å². The Balaban J connectivity index is 2.30. The van der Waals surface area contributed by atoms with E-state index >= 15 is 0 Å². The minimum absolute atomic E-state index is 0.162. The average Bonchev–Trinajstić information content (AvgIpc) is 2.74. The second-order valence-electron chi connectivity index (χ2n) is 4.55. The molecule has 0 aromatic heterocycles. The van der Waals surface area contributed by atoms with Gasteiger partial charge in [-0.25, -0.2) is 0 Å². The highest BCUT2D eigenvalue weighted by atomic mass is 35.5. The fraction of sp³-hybridized carbons (Fsp3) is 0.462. The molecule has 0 saturated heterocycles. The Morgan fingerprint density at radius 2 is 2.17 bits per heavy atom. The maximum Gasteiger partial charge on any atom is 0.192 e. The van der Waals surface area contributed by atoms with Crippen LogP contribution in [-0.2, 0) is 0 Å². The lowest BCUT2D eigenvalue weighted by Crippen LogP contribution is -2.42. The van der Waals surface area contributed by atoms with Crippen molar-refractivity contribution in [2.24, 2.45) is 10.7 Å². The first-order valence-corrected chi connectivity index (χ1v) is 6.83. The summed E-state index contributed by atoms with van der Waals surface area (Å²) in [6, 6.07) is 6.23. The molecule has 1 aromatic carbocycles. The van der Waals surface area contributed by atoms with Gasteiger partial charge in [0.2, 0.25) is 0 Å². The molecule has 0 fully saturated rings. The molecule has 0 saturated carbocycles. The van der Waals surface area contributed by atoms with Gasteiger partial charge in [-0.1, -0.05) is 36.2 Å². The Morgan fingerprint density at radius 3 is 2.78 bits per heavy atom. The maximum atomic E-state index is 6.07. The molecule has 1 aromatic rings. The summed E-state index contributed by atoms with van der Waals surface area (Å²) in [5.74, 6) is 0.612. The Bertz CT molecular complexity index is 473. The number of hydrogen-bond donors (Lipinski definition) is 1. The minimum atomic E-state index is 0.162. The van der Waals surface area contributed by atoms with E-state index in [1.165, 1.54) is 0 Å². The van der Waals surface area contributed by atoms with Crippen molar-refractivity contribution >= 4 is 29.2 Å². The third-order valence-corrected chi connectivity index (χ3v) is 4.16. The maximum absolute atomic E-state index is 6.07. The van der Waals surface area contributed by atoms with Crippen LogP contribution in [0, 0.1) is 0 Å². The van der Waals surface area contributed by atoms with E-state index in [-0.39, 0.29) is 6.04 Å². The van der Waals surface area contributed by atoms with Gasteiger partial charge in [0.1, 0.15) is 0 Å². The van der Waals surface area contributed by atoms with Gasteiger partial charge in [0.25, 0.3) is 0 Å². The molecule has 1 aliphatic rings. The van der Waals surface area contributed by atoms with Gasteiger partial charge in [0.05, 0.1) is 22.6 Å². The van der Waals surface area contributed by atoms with Gasteiger partial charge in [-0.3, -0.25) is 4.99 Å². The first-order chi connectivity index (χ1) is 8.54. The smallest absolute Gasteiger partial charge is 0.192 e. The topological polar surface area (TPSA) is 41.6 Å². The predicted octanol–water partition coefficient (Wildman–Crippen LogP) is 3.46. The highest BCUT2D eigenvalue weighted by Crippen LogP contribution is 2.32. The van der Waals surface area contributed by atoms with E-state index in [4.69, 9.17) is 28.9 Å². The van der Waals surface area contributed by atoms with Gasteiger partial charge >= 0.3 is 0 Å². The first kappa shape index (κ1) is 13.5. The minimum Gasteiger partial charge on any atom is -0.370 e. The number of guanidine groups is 1. The molecule has 0 spiro atoms. The van der Waals surface area contributed by atoms with Gasteiger partial charge < -0.3 is 10.6 Å². The standard InChI is InChI=1S/C13H17Cl2N3/c1-3-8(2)18-12(7-17-13(18)16)9-4-5-10(14)11(15)6-9/h4-6,8,12H,3,7H2,1-2H3,(H2,16,17). The molecule has 98 valence electrons. The summed E-state index contributed by atoms with van der Waals surface area (Å²) in [6.45, 7) is 4.97. The Morgan fingerprint density at radius 1 is 1.44 bits per heavy atom. The fourth-order valence-electron chi connectivity index (χ4n) is 2.22. The molecule has 2 N–H and O–H groups in total. The molecule has 0 aliphatic carbocycles. The van der Waals surface area contributed by atoms with Gasteiger partial charge in [0, 0.05) is 6.04 Å². The summed E-state index contributed by atoms with van der Waals surface area (Å²) in [5.41, 5.74) is 7.07. The van der Waals surface area contributed by atoms with Gasteiger partial charge in [-0.2, -0.15) is 0 Å². The second-order valence-corrected chi connectivity index (χ2v) is 5.37. The summed E-state index contributed by atoms with van der Waals surface area (Å²) in [6.07, 6.45) is 1.02. The van der Waals surface area contributed by atoms with Crippen molar-refractivity contribution in [3.05, 3.63) is 33.8 Å². The highest BCUT2D eigenvalue weighted by Gasteiger charge is 2.30. The number of halogens is 2. The third kappa shape index (κ3) is 2.43. The molecule has 18 heavy (non-hydrogen) atoms. The number of hydrogen-bond acceptors (Lipinski definition) is 3. The van der Waals surface area contributed by atoms with Crippen LogP contribution in [0.2, 0.25) is 10.0 Å². The second kappa shape index (κ2) is 5.37. The number of aliphatic imine (C=N–C) groups is 1. The lowest BCUT2D eigenvalue weighted by atomic mass is 10.0. The molecule has 5 heteroatoms. The summed E-state index contributed by atoms with van der Waals surface area (Å²) in [5, 5.41) is 1.14. The normalized spacial score (nSPS) is 21.0. The summed E-state index contributed by atoms with van der Waals surface area (Å²) in [4.78, 5) is 6.49. The van der Waals surface area contributed by atoms with E-state index in [0.717, 1.165) is 12.0 Å². The first-order valence-electron chi connectivity index (χ1n) is 6.07. The monoisotopic (exact) mass is 285 g/mol. The molecule has 2 rings (SSSR count). The highest BCUT2D eigenvalue weighted by molar-refractivity contribution is 6.42. The Labute approximate surface area is 118 Å². The van der Waals surface area contributed by atoms with Crippen molar-refractivity contribution in [2.75, 3.05) is 6.54 Å². The third-order valence-electron chi connectivity index (χ3n) is 3.42. The van der Waals surface area contributed by atoms with Gasteiger partial charge in [-0.05, 0) is 31.0 Å². The molecule has 1 aliphatic heterocycles. The Kier molecular flexibility index (Phi) is 4.03. The summed E-state index contributed by atoms with van der Waals surface area (Å²) in [7, 11) is 0. The van der Waals surface area contributed by atoms with Crippen LogP contribution in [-0.4, -0.2) is 23.4 Å². The van der Waals surface area contributed by atoms with Crippen LogP contribution in [0.4, 0.5) is 0 Å². The van der Waals surface area contributed by atoms with Crippen LogP contribution >= 0.6 is 23.2 Å². The zero-order valence-corrected chi connectivity index (χ0v) is 12.0. The van der Waals surface area contributed by atoms with E-state index < -0.39 is 0 Å². The molecule has 0 radical (unpaired) electrons. The summed E-state index contributed by atoms with van der Waals surface area (Å²) < 4.78 is 0. The van der Waals surface area contributed by atoms with E-state index in [9.17, 15) is 0 Å². The fourth-order valence-corrected chi connectivity index (χ4v) is 2.53. The molecule has 2 atom stereocenters. The van der Waals surface area contributed by atoms with E-state index in [1.807, 2.05) is 18.2 Å². The van der Waals surface area contributed by atoms with E-state index in [1.54, 1.807) is 0 Å². The molecular weight excluding hydrogens is 269 g/mol. The number of rotatable bonds is 3. The van der Waals surface area contributed by atoms with Crippen LogP contribution in [0.1, 0.15) is 31.9 Å². The van der Waals surface area contributed by atoms with E-state index in [2.05, 4.69) is 23.7 Å². The van der Waals surface area contributed by atoms with E-state index in [0.29, 0.717) is 28.6 Å². The zero-order chi connectivity index (χ0) is 13.3.